The lowest BCUT2D eigenvalue weighted by molar-refractivity contribution is -0.125. The summed E-state index contributed by atoms with van der Waals surface area (Å²) in [5.74, 6) is 0.370. The second-order valence-electron chi connectivity index (χ2n) is 5.02. The van der Waals surface area contributed by atoms with E-state index in [-0.39, 0.29) is 11.8 Å². The lowest BCUT2D eigenvalue weighted by Crippen LogP contribution is -2.43. The molecule has 2 N–H and O–H groups in total. The molecule has 1 atom stereocenters. The second kappa shape index (κ2) is 8.38. The number of carbonyl (C=O) groups excluding carboxylic acids is 2. The van der Waals surface area contributed by atoms with Gasteiger partial charge >= 0.3 is 0 Å². The van der Waals surface area contributed by atoms with E-state index in [4.69, 9.17) is 0 Å². The first-order chi connectivity index (χ1) is 11.1. The Morgan fingerprint density at radius 1 is 1.35 bits per heavy atom. The third kappa shape index (κ3) is 5.14. The van der Waals surface area contributed by atoms with Crippen molar-refractivity contribution >= 4 is 29.3 Å². The van der Waals surface area contributed by atoms with Gasteiger partial charge in [-0.1, -0.05) is 6.07 Å². The molecule has 0 bridgehead atoms. The molecule has 23 heavy (non-hydrogen) atoms. The third-order valence-electron chi connectivity index (χ3n) is 3.19. The SMILES string of the molecule is CSCC[C@H](NC(C)=O)C(=O)Nc1cccc(-n2cccn2)c1. The largest absolute Gasteiger partial charge is 0.345 e. The average Bonchev–Trinajstić information content (AvgIpc) is 3.05. The van der Waals surface area contributed by atoms with Gasteiger partial charge in [0.1, 0.15) is 6.04 Å². The van der Waals surface area contributed by atoms with E-state index in [1.807, 2.05) is 42.8 Å². The van der Waals surface area contributed by atoms with Crippen molar-refractivity contribution in [2.24, 2.45) is 0 Å². The molecule has 0 spiro atoms. The van der Waals surface area contributed by atoms with Crippen LogP contribution in [0.25, 0.3) is 5.69 Å². The molecular weight excluding hydrogens is 312 g/mol. The van der Waals surface area contributed by atoms with Crippen LogP contribution in [0.3, 0.4) is 0 Å². The first-order valence-corrected chi connectivity index (χ1v) is 8.66. The van der Waals surface area contributed by atoms with Gasteiger partial charge in [0.2, 0.25) is 11.8 Å². The molecule has 7 heteroatoms. The van der Waals surface area contributed by atoms with Crippen molar-refractivity contribution in [2.45, 2.75) is 19.4 Å². The zero-order valence-electron chi connectivity index (χ0n) is 13.2. The predicted octanol–water partition coefficient (Wildman–Crippen LogP) is 2.07. The molecule has 0 saturated carbocycles. The minimum atomic E-state index is -0.534. The highest BCUT2D eigenvalue weighted by molar-refractivity contribution is 7.98. The molecule has 122 valence electrons. The number of nitrogens with one attached hydrogen (secondary N) is 2. The van der Waals surface area contributed by atoms with Gasteiger partial charge in [-0.25, -0.2) is 4.68 Å². The van der Waals surface area contributed by atoms with Crippen LogP contribution in [0.5, 0.6) is 0 Å². The fraction of sp³-hybridized carbons (Fsp3) is 0.312. The van der Waals surface area contributed by atoms with Gasteiger partial charge in [-0.3, -0.25) is 9.59 Å². The predicted molar refractivity (Wildman–Crippen MR) is 92.8 cm³/mol. The molecule has 0 radical (unpaired) electrons. The molecule has 0 aliphatic carbocycles. The van der Waals surface area contributed by atoms with E-state index in [2.05, 4.69) is 15.7 Å². The number of rotatable bonds is 7. The summed E-state index contributed by atoms with van der Waals surface area (Å²) >= 11 is 1.64. The van der Waals surface area contributed by atoms with Crippen LogP contribution < -0.4 is 10.6 Å². The van der Waals surface area contributed by atoms with E-state index in [9.17, 15) is 9.59 Å². The topological polar surface area (TPSA) is 76.0 Å². The molecule has 0 saturated heterocycles. The van der Waals surface area contributed by atoms with Crippen LogP contribution in [-0.2, 0) is 9.59 Å². The van der Waals surface area contributed by atoms with Gasteiger partial charge < -0.3 is 10.6 Å². The summed E-state index contributed by atoms with van der Waals surface area (Å²) in [5.41, 5.74) is 1.52. The number of nitrogens with zero attached hydrogens (tertiary/aromatic N) is 2. The van der Waals surface area contributed by atoms with Gasteiger partial charge in [-0.2, -0.15) is 16.9 Å². The van der Waals surface area contributed by atoms with Gasteiger partial charge in [0, 0.05) is 25.0 Å². The van der Waals surface area contributed by atoms with Crippen molar-refractivity contribution in [3.8, 4) is 5.69 Å². The molecule has 2 amide bonds. The number of aromatic nitrogens is 2. The molecule has 1 aromatic carbocycles. The molecule has 2 aromatic rings. The summed E-state index contributed by atoms with van der Waals surface area (Å²) in [4.78, 5) is 23.7. The summed E-state index contributed by atoms with van der Waals surface area (Å²) in [7, 11) is 0. The Bertz CT molecular complexity index is 658. The van der Waals surface area contributed by atoms with Crippen LogP contribution in [0, 0.1) is 0 Å². The molecule has 0 unspecified atom stereocenters. The molecule has 1 heterocycles. The van der Waals surface area contributed by atoms with Crippen LogP contribution in [0.1, 0.15) is 13.3 Å². The van der Waals surface area contributed by atoms with Gasteiger partial charge in [-0.05, 0) is 42.7 Å². The van der Waals surface area contributed by atoms with Crippen LogP contribution in [-0.4, -0.2) is 39.6 Å². The van der Waals surface area contributed by atoms with Gasteiger partial charge in [0.05, 0.1) is 5.69 Å². The Morgan fingerprint density at radius 2 is 2.17 bits per heavy atom. The molecule has 6 nitrogen and oxygen atoms in total. The zero-order chi connectivity index (χ0) is 16.7. The van der Waals surface area contributed by atoms with Gasteiger partial charge in [-0.15, -0.1) is 0 Å². The standard InChI is InChI=1S/C16H20N4O2S/c1-12(21)18-15(7-10-23-2)16(22)19-13-5-3-6-14(11-13)20-9-4-8-17-20/h3-6,8-9,11,15H,7,10H2,1-2H3,(H,18,21)(H,19,22)/t15-/m0/s1. The van der Waals surface area contributed by atoms with Crippen LogP contribution >= 0.6 is 11.8 Å². The Kier molecular flexibility index (Phi) is 6.22. The van der Waals surface area contributed by atoms with E-state index in [1.54, 1.807) is 22.6 Å². The third-order valence-corrected chi connectivity index (χ3v) is 3.83. The minimum absolute atomic E-state index is 0.212. The van der Waals surface area contributed by atoms with Crippen molar-refractivity contribution in [1.29, 1.82) is 0 Å². The number of amides is 2. The molecular formula is C16H20N4O2S. The molecule has 0 aliphatic heterocycles. The minimum Gasteiger partial charge on any atom is -0.345 e. The smallest absolute Gasteiger partial charge is 0.246 e. The Morgan fingerprint density at radius 3 is 2.83 bits per heavy atom. The van der Waals surface area contributed by atoms with E-state index in [0.717, 1.165) is 11.4 Å². The Hall–Kier alpha value is -2.28. The Labute approximate surface area is 139 Å². The van der Waals surface area contributed by atoms with E-state index in [0.29, 0.717) is 12.1 Å². The molecule has 0 aliphatic rings. The fourth-order valence-corrected chi connectivity index (χ4v) is 2.60. The number of anilines is 1. The zero-order valence-corrected chi connectivity index (χ0v) is 14.0. The van der Waals surface area contributed by atoms with E-state index in [1.165, 1.54) is 6.92 Å². The number of benzene rings is 1. The monoisotopic (exact) mass is 332 g/mol. The quantitative estimate of drug-likeness (QED) is 0.814. The number of thioether (sulfide) groups is 1. The summed E-state index contributed by atoms with van der Waals surface area (Å²) < 4.78 is 1.72. The van der Waals surface area contributed by atoms with Gasteiger partial charge in [0.15, 0.2) is 0 Å². The highest BCUT2D eigenvalue weighted by Crippen LogP contribution is 2.14. The van der Waals surface area contributed by atoms with Crippen molar-refractivity contribution < 1.29 is 9.59 Å². The first kappa shape index (κ1) is 17.1. The fourth-order valence-electron chi connectivity index (χ4n) is 2.13. The summed E-state index contributed by atoms with van der Waals surface area (Å²) in [5, 5.41) is 9.72. The van der Waals surface area contributed by atoms with Gasteiger partial charge in [0.25, 0.3) is 0 Å². The highest BCUT2D eigenvalue weighted by atomic mass is 32.2. The maximum atomic E-state index is 12.4. The second-order valence-corrected chi connectivity index (χ2v) is 6.01. The van der Waals surface area contributed by atoms with Crippen molar-refractivity contribution in [3.05, 3.63) is 42.7 Å². The van der Waals surface area contributed by atoms with Crippen LogP contribution in [0.2, 0.25) is 0 Å². The average molecular weight is 332 g/mol. The lowest BCUT2D eigenvalue weighted by atomic mass is 10.2. The number of hydrogen-bond donors (Lipinski definition) is 2. The first-order valence-electron chi connectivity index (χ1n) is 7.27. The van der Waals surface area contributed by atoms with Crippen LogP contribution in [0.15, 0.2) is 42.7 Å². The van der Waals surface area contributed by atoms with E-state index < -0.39 is 6.04 Å². The number of carbonyl (C=O) groups is 2. The summed E-state index contributed by atoms with van der Waals surface area (Å²) in [6.45, 7) is 1.41. The maximum absolute atomic E-state index is 12.4. The normalized spacial score (nSPS) is 11.7. The number of hydrogen-bond acceptors (Lipinski definition) is 4. The van der Waals surface area contributed by atoms with E-state index >= 15 is 0 Å². The lowest BCUT2D eigenvalue weighted by Gasteiger charge is -2.17. The highest BCUT2D eigenvalue weighted by Gasteiger charge is 2.19. The molecule has 0 fully saturated rings. The van der Waals surface area contributed by atoms with Crippen molar-refractivity contribution in [3.63, 3.8) is 0 Å². The van der Waals surface area contributed by atoms with Crippen LogP contribution in [0.4, 0.5) is 5.69 Å². The Balaban J connectivity index is 2.08. The van der Waals surface area contributed by atoms with Crippen molar-refractivity contribution in [2.75, 3.05) is 17.3 Å². The molecule has 1 aromatic heterocycles. The molecule has 2 rings (SSSR count). The summed E-state index contributed by atoms with van der Waals surface area (Å²) in [6, 6.07) is 8.70. The summed E-state index contributed by atoms with van der Waals surface area (Å²) in [6.07, 6.45) is 6.09. The van der Waals surface area contributed by atoms with Crippen molar-refractivity contribution in [1.82, 2.24) is 15.1 Å². The maximum Gasteiger partial charge on any atom is 0.246 e.